The number of rotatable bonds is 5. The van der Waals surface area contributed by atoms with Gasteiger partial charge in [-0.1, -0.05) is 22.0 Å². The van der Waals surface area contributed by atoms with Crippen LogP contribution < -0.4 is 14.8 Å². The van der Waals surface area contributed by atoms with Gasteiger partial charge in [-0.25, -0.2) is 0 Å². The number of nitrogens with one attached hydrogen (secondary N) is 1. The van der Waals surface area contributed by atoms with E-state index in [1.54, 1.807) is 20.3 Å². The van der Waals surface area contributed by atoms with Crippen LogP contribution in [0.25, 0.3) is 6.08 Å². The Bertz CT molecular complexity index is 741. The van der Waals surface area contributed by atoms with E-state index in [0.29, 0.717) is 17.2 Å². The summed E-state index contributed by atoms with van der Waals surface area (Å²) < 4.78 is 11.4. The molecule has 1 amide bonds. The maximum Gasteiger partial charge on any atom is 0.248 e. The van der Waals surface area contributed by atoms with E-state index in [-0.39, 0.29) is 5.91 Å². The Labute approximate surface area is 144 Å². The topological polar surface area (TPSA) is 47.6 Å². The molecule has 1 N–H and O–H groups in total. The van der Waals surface area contributed by atoms with Crippen molar-refractivity contribution in [3.63, 3.8) is 0 Å². The Kier molecular flexibility index (Phi) is 5.82. The number of amides is 1. The molecular weight excluding hydrogens is 358 g/mol. The van der Waals surface area contributed by atoms with Crippen LogP contribution in [0.4, 0.5) is 5.69 Å². The zero-order chi connectivity index (χ0) is 16.8. The van der Waals surface area contributed by atoms with E-state index in [1.165, 1.54) is 6.08 Å². The molecule has 23 heavy (non-hydrogen) atoms. The van der Waals surface area contributed by atoms with Crippen molar-refractivity contribution in [1.29, 1.82) is 0 Å². The Hall–Kier alpha value is -2.27. The highest BCUT2D eigenvalue weighted by molar-refractivity contribution is 9.10. The lowest BCUT2D eigenvalue weighted by atomic mass is 10.2. The molecule has 0 heterocycles. The van der Waals surface area contributed by atoms with Gasteiger partial charge in [-0.05, 0) is 48.9 Å². The highest BCUT2D eigenvalue weighted by Crippen LogP contribution is 2.26. The van der Waals surface area contributed by atoms with Crippen molar-refractivity contribution in [3.8, 4) is 11.5 Å². The molecule has 5 heteroatoms. The SMILES string of the molecule is COc1ccc(Br)cc1/C=C/C(=O)Nc1cc(C)ccc1OC. The molecule has 120 valence electrons. The average molecular weight is 376 g/mol. The molecule has 0 aromatic heterocycles. The Morgan fingerprint density at radius 2 is 1.78 bits per heavy atom. The first kappa shape index (κ1) is 17.1. The van der Waals surface area contributed by atoms with Gasteiger partial charge in [-0.15, -0.1) is 0 Å². The summed E-state index contributed by atoms with van der Waals surface area (Å²) in [6.45, 7) is 1.96. The lowest BCUT2D eigenvalue weighted by Gasteiger charge is -2.09. The maximum atomic E-state index is 12.1. The number of hydrogen-bond acceptors (Lipinski definition) is 3. The first-order chi connectivity index (χ1) is 11.0. The Morgan fingerprint density at radius 3 is 2.48 bits per heavy atom. The zero-order valence-corrected chi connectivity index (χ0v) is 14.8. The molecule has 0 aliphatic carbocycles. The summed E-state index contributed by atoms with van der Waals surface area (Å²) in [6, 6.07) is 11.2. The second-order valence-corrected chi connectivity index (χ2v) is 5.83. The van der Waals surface area contributed by atoms with Gasteiger partial charge in [0.2, 0.25) is 5.91 Å². The largest absolute Gasteiger partial charge is 0.496 e. The number of benzene rings is 2. The van der Waals surface area contributed by atoms with Crippen LogP contribution in [0.15, 0.2) is 46.9 Å². The predicted octanol–water partition coefficient (Wildman–Crippen LogP) is 4.43. The van der Waals surface area contributed by atoms with Crippen molar-refractivity contribution in [3.05, 3.63) is 58.1 Å². The molecule has 0 aliphatic heterocycles. The third-order valence-electron chi connectivity index (χ3n) is 3.22. The van der Waals surface area contributed by atoms with Crippen molar-refractivity contribution in [2.24, 2.45) is 0 Å². The minimum Gasteiger partial charge on any atom is -0.496 e. The third-order valence-corrected chi connectivity index (χ3v) is 3.71. The molecule has 0 unspecified atom stereocenters. The third kappa shape index (κ3) is 4.60. The quantitative estimate of drug-likeness (QED) is 0.786. The summed E-state index contributed by atoms with van der Waals surface area (Å²) in [7, 11) is 3.17. The number of anilines is 1. The fourth-order valence-corrected chi connectivity index (χ4v) is 2.47. The molecule has 0 saturated heterocycles. The van der Waals surface area contributed by atoms with Crippen molar-refractivity contribution in [2.45, 2.75) is 6.92 Å². The molecule has 0 atom stereocenters. The van der Waals surface area contributed by atoms with E-state index in [9.17, 15) is 4.79 Å². The number of carbonyl (C=O) groups is 1. The second-order valence-electron chi connectivity index (χ2n) is 4.91. The van der Waals surface area contributed by atoms with Gasteiger partial charge in [0.25, 0.3) is 0 Å². The van der Waals surface area contributed by atoms with Gasteiger partial charge in [-0.3, -0.25) is 4.79 Å². The van der Waals surface area contributed by atoms with Gasteiger partial charge >= 0.3 is 0 Å². The number of halogens is 1. The fraction of sp³-hybridized carbons (Fsp3) is 0.167. The van der Waals surface area contributed by atoms with E-state index < -0.39 is 0 Å². The van der Waals surface area contributed by atoms with Crippen LogP contribution >= 0.6 is 15.9 Å². The highest BCUT2D eigenvalue weighted by Gasteiger charge is 2.06. The number of methoxy groups -OCH3 is 2. The molecule has 2 rings (SSSR count). The lowest BCUT2D eigenvalue weighted by molar-refractivity contribution is -0.111. The van der Waals surface area contributed by atoms with Crippen LogP contribution in [0.2, 0.25) is 0 Å². The smallest absolute Gasteiger partial charge is 0.248 e. The van der Waals surface area contributed by atoms with E-state index in [4.69, 9.17) is 9.47 Å². The molecule has 0 bridgehead atoms. The van der Waals surface area contributed by atoms with Crippen LogP contribution in [-0.4, -0.2) is 20.1 Å². The van der Waals surface area contributed by atoms with E-state index in [2.05, 4.69) is 21.2 Å². The van der Waals surface area contributed by atoms with Crippen molar-refractivity contribution < 1.29 is 14.3 Å². The van der Waals surface area contributed by atoms with Gasteiger partial charge < -0.3 is 14.8 Å². The van der Waals surface area contributed by atoms with Crippen LogP contribution in [0.3, 0.4) is 0 Å². The van der Waals surface area contributed by atoms with E-state index in [1.807, 2.05) is 43.3 Å². The summed E-state index contributed by atoms with van der Waals surface area (Å²) in [5.74, 6) is 1.08. The fourth-order valence-electron chi connectivity index (χ4n) is 2.09. The second kappa shape index (κ2) is 7.83. The molecule has 0 radical (unpaired) electrons. The predicted molar refractivity (Wildman–Crippen MR) is 96.1 cm³/mol. The molecule has 0 aliphatic rings. The number of hydrogen-bond donors (Lipinski definition) is 1. The van der Waals surface area contributed by atoms with Crippen LogP contribution in [0.5, 0.6) is 11.5 Å². The van der Waals surface area contributed by atoms with Crippen LogP contribution in [-0.2, 0) is 4.79 Å². The molecule has 2 aromatic rings. The molecule has 2 aromatic carbocycles. The maximum absolute atomic E-state index is 12.1. The molecule has 0 fully saturated rings. The molecule has 0 spiro atoms. The standard InChI is InChI=1S/C18H18BrNO3/c1-12-4-7-17(23-3)15(10-12)20-18(21)9-5-13-11-14(19)6-8-16(13)22-2/h4-11H,1-3H3,(H,20,21)/b9-5+. The highest BCUT2D eigenvalue weighted by atomic mass is 79.9. The molecule has 4 nitrogen and oxygen atoms in total. The monoisotopic (exact) mass is 375 g/mol. The van der Waals surface area contributed by atoms with Gasteiger partial charge in [0, 0.05) is 16.1 Å². The first-order valence-corrected chi connectivity index (χ1v) is 7.80. The molecular formula is C18H18BrNO3. The van der Waals surface area contributed by atoms with Gasteiger partial charge in [-0.2, -0.15) is 0 Å². The normalized spacial score (nSPS) is 10.6. The summed E-state index contributed by atoms with van der Waals surface area (Å²) in [5, 5.41) is 2.82. The van der Waals surface area contributed by atoms with Crippen molar-refractivity contribution in [1.82, 2.24) is 0 Å². The zero-order valence-electron chi connectivity index (χ0n) is 13.2. The van der Waals surface area contributed by atoms with Crippen LogP contribution in [0, 0.1) is 6.92 Å². The van der Waals surface area contributed by atoms with Crippen LogP contribution in [0.1, 0.15) is 11.1 Å². The van der Waals surface area contributed by atoms with Gasteiger partial charge in [0.1, 0.15) is 11.5 Å². The molecule has 0 saturated carbocycles. The number of ether oxygens (including phenoxy) is 2. The summed E-state index contributed by atoms with van der Waals surface area (Å²) >= 11 is 3.41. The van der Waals surface area contributed by atoms with Crippen molar-refractivity contribution in [2.75, 3.05) is 19.5 Å². The minimum atomic E-state index is -0.240. The number of carbonyl (C=O) groups excluding carboxylic acids is 1. The first-order valence-electron chi connectivity index (χ1n) is 7.00. The summed E-state index contributed by atoms with van der Waals surface area (Å²) in [4.78, 5) is 12.1. The van der Waals surface area contributed by atoms with E-state index >= 15 is 0 Å². The Morgan fingerprint density at radius 1 is 1.09 bits per heavy atom. The van der Waals surface area contributed by atoms with E-state index in [0.717, 1.165) is 15.6 Å². The van der Waals surface area contributed by atoms with Gasteiger partial charge in [0.05, 0.1) is 19.9 Å². The average Bonchev–Trinajstić information content (AvgIpc) is 2.53. The van der Waals surface area contributed by atoms with Gasteiger partial charge in [0.15, 0.2) is 0 Å². The summed E-state index contributed by atoms with van der Waals surface area (Å²) in [5.41, 5.74) is 2.50. The number of aryl methyl sites for hydroxylation is 1. The minimum absolute atomic E-state index is 0.240. The summed E-state index contributed by atoms with van der Waals surface area (Å²) in [6.07, 6.45) is 3.17. The lowest BCUT2D eigenvalue weighted by Crippen LogP contribution is -2.09. The Balaban J connectivity index is 2.17. The van der Waals surface area contributed by atoms with Crippen molar-refractivity contribution >= 4 is 33.6 Å².